The maximum atomic E-state index is 13.9. The van der Waals surface area contributed by atoms with Crippen molar-refractivity contribution in [3.8, 4) is 11.5 Å². The van der Waals surface area contributed by atoms with Crippen LogP contribution in [0.3, 0.4) is 0 Å². The maximum absolute atomic E-state index is 13.9. The number of carbonyl (C=O) groups is 2. The SMILES string of the molecule is CCCCOC(=O)C1=C(C)NC2=C(C(=O)C[C@H](c3ccccc3)C2)[C@H]1c1ccc(OCc2ccccc2)c(OC)c1. The number of carbonyl (C=O) groups excluding carboxylic acids is 2. The quantitative estimate of drug-likeness (QED) is 0.217. The Bertz CT molecular complexity index is 1460. The molecule has 0 radical (unpaired) electrons. The summed E-state index contributed by atoms with van der Waals surface area (Å²) < 4.78 is 17.5. The van der Waals surface area contributed by atoms with Gasteiger partial charge in [0.15, 0.2) is 17.3 Å². The van der Waals surface area contributed by atoms with Crippen LogP contribution >= 0.6 is 0 Å². The first-order valence-electron chi connectivity index (χ1n) is 14.3. The fraction of sp³-hybridized carbons (Fsp3) is 0.314. The number of hydrogen-bond donors (Lipinski definition) is 1. The van der Waals surface area contributed by atoms with Crippen molar-refractivity contribution in [2.45, 2.75) is 58.0 Å². The largest absolute Gasteiger partial charge is 0.493 e. The summed E-state index contributed by atoms with van der Waals surface area (Å²) in [6, 6.07) is 25.7. The number of Topliss-reactive ketones (excluding diaryl/α,β-unsaturated/α-hetero) is 1. The third-order valence-electron chi connectivity index (χ3n) is 7.81. The monoisotopic (exact) mass is 551 g/mol. The van der Waals surface area contributed by atoms with E-state index in [1.807, 2.05) is 73.7 Å². The van der Waals surface area contributed by atoms with Gasteiger partial charge in [-0.15, -0.1) is 0 Å². The highest BCUT2D eigenvalue weighted by atomic mass is 16.5. The first kappa shape index (κ1) is 28.2. The Hall–Kier alpha value is -4.32. The van der Waals surface area contributed by atoms with Crippen LogP contribution in [0, 0.1) is 0 Å². The molecule has 1 aliphatic heterocycles. The highest BCUT2D eigenvalue weighted by Gasteiger charge is 2.41. The van der Waals surface area contributed by atoms with E-state index in [1.165, 1.54) is 0 Å². The Morgan fingerprint density at radius 3 is 2.37 bits per heavy atom. The van der Waals surface area contributed by atoms with E-state index in [4.69, 9.17) is 14.2 Å². The standard InChI is InChI=1S/C35H37NO5/c1-4-5-18-40-35(38)32-23(2)36-28-19-27(25-14-10-7-11-15-25)20-29(37)34(28)33(32)26-16-17-30(31(21-26)39-3)41-22-24-12-8-6-9-13-24/h6-17,21,27,33,36H,4-5,18-20,22H2,1-3H3/t27-,33+/m1/s1. The van der Waals surface area contributed by atoms with E-state index in [2.05, 4.69) is 24.4 Å². The molecule has 0 saturated carbocycles. The van der Waals surface area contributed by atoms with Crippen molar-refractivity contribution in [3.63, 3.8) is 0 Å². The van der Waals surface area contributed by atoms with Gasteiger partial charge in [-0.2, -0.15) is 0 Å². The highest BCUT2D eigenvalue weighted by molar-refractivity contribution is 6.04. The second-order valence-corrected chi connectivity index (χ2v) is 10.6. The lowest BCUT2D eigenvalue weighted by Gasteiger charge is -2.37. The molecule has 1 N–H and O–H groups in total. The van der Waals surface area contributed by atoms with Crippen molar-refractivity contribution >= 4 is 11.8 Å². The number of unbranched alkanes of at least 4 members (excludes halogenated alkanes) is 1. The Labute approximate surface area is 242 Å². The van der Waals surface area contributed by atoms with Gasteiger partial charge in [-0.05, 0) is 54.5 Å². The number of esters is 1. The minimum absolute atomic E-state index is 0.0346. The van der Waals surface area contributed by atoms with E-state index in [-0.39, 0.29) is 11.7 Å². The van der Waals surface area contributed by atoms with E-state index in [1.54, 1.807) is 7.11 Å². The topological polar surface area (TPSA) is 73.9 Å². The minimum Gasteiger partial charge on any atom is -0.493 e. The first-order valence-corrected chi connectivity index (χ1v) is 14.3. The molecule has 1 heterocycles. The number of dihydropyridines is 1. The van der Waals surface area contributed by atoms with Crippen molar-refractivity contribution in [1.29, 1.82) is 0 Å². The van der Waals surface area contributed by atoms with E-state index >= 15 is 0 Å². The summed E-state index contributed by atoms with van der Waals surface area (Å²) in [6.07, 6.45) is 2.77. The zero-order valence-electron chi connectivity index (χ0n) is 23.9. The number of benzene rings is 3. The van der Waals surface area contributed by atoms with Gasteiger partial charge in [0.25, 0.3) is 0 Å². The predicted octanol–water partition coefficient (Wildman–Crippen LogP) is 6.98. The van der Waals surface area contributed by atoms with Crippen molar-refractivity contribution in [3.05, 3.63) is 118 Å². The number of rotatable bonds is 10. The molecule has 1 aliphatic carbocycles. The molecule has 6 heteroatoms. The molecule has 5 rings (SSSR count). The van der Waals surface area contributed by atoms with Crippen molar-refractivity contribution in [2.24, 2.45) is 0 Å². The van der Waals surface area contributed by atoms with Crippen molar-refractivity contribution in [2.75, 3.05) is 13.7 Å². The zero-order chi connectivity index (χ0) is 28.8. The van der Waals surface area contributed by atoms with Crippen LogP contribution in [0.4, 0.5) is 0 Å². The predicted molar refractivity (Wildman–Crippen MR) is 159 cm³/mol. The molecule has 0 spiro atoms. The Kier molecular flexibility index (Phi) is 8.88. The number of hydrogen-bond acceptors (Lipinski definition) is 6. The summed E-state index contributed by atoms with van der Waals surface area (Å²) in [5.41, 5.74) is 5.64. The summed E-state index contributed by atoms with van der Waals surface area (Å²) >= 11 is 0. The summed E-state index contributed by atoms with van der Waals surface area (Å²) in [4.78, 5) is 27.4. The molecule has 3 aromatic carbocycles. The molecule has 41 heavy (non-hydrogen) atoms. The Balaban J connectivity index is 1.52. The molecule has 0 bridgehead atoms. The maximum Gasteiger partial charge on any atom is 0.336 e. The molecule has 6 nitrogen and oxygen atoms in total. The average Bonchev–Trinajstić information content (AvgIpc) is 3.00. The number of nitrogens with one attached hydrogen (secondary N) is 1. The summed E-state index contributed by atoms with van der Waals surface area (Å²) in [5, 5.41) is 3.43. The van der Waals surface area contributed by atoms with Crippen LogP contribution in [0.2, 0.25) is 0 Å². The van der Waals surface area contributed by atoms with Crippen LogP contribution in [0.25, 0.3) is 0 Å². The third-order valence-corrected chi connectivity index (χ3v) is 7.81. The molecule has 0 saturated heterocycles. The fourth-order valence-corrected chi connectivity index (χ4v) is 5.71. The van der Waals surface area contributed by atoms with Gasteiger partial charge in [0.05, 0.1) is 19.3 Å². The normalized spacial score (nSPS) is 18.5. The molecule has 0 fully saturated rings. The molecule has 0 amide bonds. The summed E-state index contributed by atoms with van der Waals surface area (Å²) in [5.74, 6) is 0.274. The van der Waals surface area contributed by atoms with Crippen LogP contribution in [0.1, 0.15) is 68.1 Å². The zero-order valence-corrected chi connectivity index (χ0v) is 23.9. The number of allylic oxidation sites excluding steroid dienone is 3. The van der Waals surface area contributed by atoms with Crippen LogP contribution in [-0.2, 0) is 20.9 Å². The van der Waals surface area contributed by atoms with E-state index in [0.29, 0.717) is 54.4 Å². The van der Waals surface area contributed by atoms with Crippen molar-refractivity contribution < 1.29 is 23.8 Å². The number of ether oxygens (including phenoxy) is 3. The van der Waals surface area contributed by atoms with Gasteiger partial charge < -0.3 is 19.5 Å². The lowest BCUT2D eigenvalue weighted by atomic mass is 9.71. The van der Waals surface area contributed by atoms with Gasteiger partial charge in [0, 0.05) is 29.3 Å². The van der Waals surface area contributed by atoms with Crippen LogP contribution in [-0.4, -0.2) is 25.5 Å². The molecule has 212 valence electrons. The molecular weight excluding hydrogens is 514 g/mol. The smallest absolute Gasteiger partial charge is 0.336 e. The molecule has 3 aromatic rings. The second kappa shape index (κ2) is 12.9. The second-order valence-electron chi connectivity index (χ2n) is 10.6. The average molecular weight is 552 g/mol. The fourth-order valence-electron chi connectivity index (χ4n) is 5.71. The lowest BCUT2D eigenvalue weighted by Crippen LogP contribution is -2.36. The number of ketones is 1. The van der Waals surface area contributed by atoms with Crippen LogP contribution in [0.15, 0.2) is 101 Å². The van der Waals surface area contributed by atoms with Crippen LogP contribution in [0.5, 0.6) is 11.5 Å². The number of methoxy groups -OCH3 is 1. The van der Waals surface area contributed by atoms with Gasteiger partial charge in [-0.25, -0.2) is 4.79 Å². The summed E-state index contributed by atoms with van der Waals surface area (Å²) in [6.45, 7) is 4.67. The van der Waals surface area contributed by atoms with Gasteiger partial charge in [0.2, 0.25) is 0 Å². The molecule has 2 aliphatic rings. The van der Waals surface area contributed by atoms with Crippen molar-refractivity contribution in [1.82, 2.24) is 5.32 Å². The van der Waals surface area contributed by atoms with Crippen LogP contribution < -0.4 is 14.8 Å². The third kappa shape index (κ3) is 6.22. The molecule has 2 atom stereocenters. The van der Waals surface area contributed by atoms with Gasteiger partial charge in [0.1, 0.15) is 6.61 Å². The lowest BCUT2D eigenvalue weighted by molar-refractivity contribution is -0.139. The summed E-state index contributed by atoms with van der Waals surface area (Å²) in [7, 11) is 1.60. The highest BCUT2D eigenvalue weighted by Crippen LogP contribution is 2.47. The van der Waals surface area contributed by atoms with E-state index in [9.17, 15) is 9.59 Å². The molecule has 0 aromatic heterocycles. The first-order chi connectivity index (χ1) is 20.0. The molecule has 0 unspecified atom stereocenters. The minimum atomic E-state index is -0.568. The van der Waals surface area contributed by atoms with Gasteiger partial charge in [-0.3, -0.25) is 4.79 Å². The van der Waals surface area contributed by atoms with Gasteiger partial charge >= 0.3 is 5.97 Å². The van der Waals surface area contributed by atoms with Gasteiger partial charge in [-0.1, -0.05) is 80.1 Å². The Morgan fingerprint density at radius 2 is 1.66 bits per heavy atom. The molecular formula is C35H37NO5. The van der Waals surface area contributed by atoms with E-state index in [0.717, 1.165) is 35.2 Å². The Morgan fingerprint density at radius 1 is 0.927 bits per heavy atom. The van der Waals surface area contributed by atoms with E-state index < -0.39 is 11.9 Å².